The third kappa shape index (κ3) is 6.22. The fourth-order valence-electron chi connectivity index (χ4n) is 2.45. The zero-order valence-corrected chi connectivity index (χ0v) is 15.6. The van der Waals surface area contributed by atoms with E-state index >= 15 is 0 Å². The van der Waals surface area contributed by atoms with E-state index in [2.05, 4.69) is 10.6 Å². The summed E-state index contributed by atoms with van der Waals surface area (Å²) in [5.41, 5.74) is 0.819. The summed E-state index contributed by atoms with van der Waals surface area (Å²) in [5.74, 6) is -0.612. The van der Waals surface area contributed by atoms with Crippen LogP contribution in [0.1, 0.15) is 25.8 Å². The van der Waals surface area contributed by atoms with E-state index in [0.717, 1.165) is 12.0 Å². The van der Waals surface area contributed by atoms with Crippen molar-refractivity contribution in [2.24, 2.45) is 11.8 Å². The largest absolute Gasteiger partial charge is 0.492 e. The summed E-state index contributed by atoms with van der Waals surface area (Å²) in [6.07, 6.45) is 1.23. The topological polar surface area (TPSA) is 93.7 Å². The van der Waals surface area contributed by atoms with E-state index in [9.17, 15) is 14.4 Å². The molecule has 142 valence electrons. The van der Waals surface area contributed by atoms with Crippen LogP contribution in [0.3, 0.4) is 0 Å². The first-order chi connectivity index (χ1) is 12.3. The minimum Gasteiger partial charge on any atom is -0.492 e. The number of hydrogen-bond acceptors (Lipinski definition) is 5. The highest BCUT2D eigenvalue weighted by Gasteiger charge is 2.28. The molecule has 1 heterocycles. The number of esters is 1. The van der Waals surface area contributed by atoms with E-state index in [1.165, 1.54) is 0 Å². The van der Waals surface area contributed by atoms with Crippen LogP contribution in [0.5, 0.6) is 5.75 Å². The number of benzene rings is 1. The predicted octanol–water partition coefficient (Wildman–Crippen LogP) is 2.31. The van der Waals surface area contributed by atoms with Gasteiger partial charge in [0.05, 0.1) is 5.92 Å². The van der Waals surface area contributed by atoms with Gasteiger partial charge in [0.25, 0.3) is 5.91 Å². The van der Waals surface area contributed by atoms with Gasteiger partial charge in [0.15, 0.2) is 6.61 Å². The number of nitrogens with one attached hydrogen (secondary N) is 2. The lowest BCUT2D eigenvalue weighted by Crippen LogP contribution is -2.42. The van der Waals surface area contributed by atoms with Crippen LogP contribution in [0.4, 0.5) is 4.79 Å². The Kier molecular flexibility index (Phi) is 7.26. The maximum atomic E-state index is 12.1. The molecule has 0 saturated carbocycles. The van der Waals surface area contributed by atoms with Gasteiger partial charge in [-0.15, -0.1) is 0 Å². The lowest BCUT2D eigenvalue weighted by atomic mass is 9.97. The molecule has 1 aromatic rings. The van der Waals surface area contributed by atoms with E-state index in [4.69, 9.17) is 21.1 Å². The molecule has 1 aliphatic rings. The van der Waals surface area contributed by atoms with Crippen molar-refractivity contribution in [2.75, 3.05) is 19.8 Å². The molecule has 3 amide bonds. The molecule has 0 radical (unpaired) electrons. The van der Waals surface area contributed by atoms with Gasteiger partial charge < -0.3 is 14.8 Å². The van der Waals surface area contributed by atoms with Crippen molar-refractivity contribution in [3.63, 3.8) is 0 Å². The number of carbonyl (C=O) groups excluding carboxylic acids is 3. The number of urea groups is 1. The van der Waals surface area contributed by atoms with E-state index in [-0.39, 0.29) is 6.61 Å². The average Bonchev–Trinajstić information content (AvgIpc) is 2.58. The first-order valence-corrected chi connectivity index (χ1v) is 8.88. The average molecular weight is 383 g/mol. The van der Waals surface area contributed by atoms with Crippen LogP contribution < -0.4 is 15.4 Å². The number of ether oxygens (including phenoxy) is 2. The fraction of sp³-hybridized carbons (Fsp3) is 0.500. The van der Waals surface area contributed by atoms with Crippen LogP contribution in [0, 0.1) is 11.8 Å². The van der Waals surface area contributed by atoms with Crippen LogP contribution in [0.25, 0.3) is 0 Å². The Bertz CT molecular complexity index is 678. The summed E-state index contributed by atoms with van der Waals surface area (Å²) in [6, 6.07) is 4.61. The van der Waals surface area contributed by atoms with Gasteiger partial charge in [-0.25, -0.2) is 4.79 Å². The second-order valence-electron chi connectivity index (χ2n) is 6.56. The van der Waals surface area contributed by atoms with E-state index in [0.29, 0.717) is 29.7 Å². The number of halogens is 1. The van der Waals surface area contributed by atoms with Crippen LogP contribution in [-0.4, -0.2) is 37.7 Å². The van der Waals surface area contributed by atoms with Crippen LogP contribution in [0.15, 0.2) is 18.2 Å². The Morgan fingerprint density at radius 3 is 2.85 bits per heavy atom. The molecular formula is C18H23ClN2O5. The SMILES string of the molecule is CC(C)CCNC(=O)NC(=O)COC(=O)[C@@H]1COc2ccc(Cl)cc2C1. The molecule has 0 aromatic heterocycles. The second kappa shape index (κ2) is 9.43. The highest BCUT2D eigenvalue weighted by atomic mass is 35.5. The van der Waals surface area contributed by atoms with Gasteiger partial charge >= 0.3 is 12.0 Å². The number of hydrogen-bond donors (Lipinski definition) is 2. The van der Waals surface area contributed by atoms with Gasteiger partial charge in [0.2, 0.25) is 0 Å². The van der Waals surface area contributed by atoms with Gasteiger partial charge in [-0.3, -0.25) is 14.9 Å². The number of carbonyl (C=O) groups is 3. The minimum atomic E-state index is -0.680. The normalized spacial score (nSPS) is 15.6. The van der Waals surface area contributed by atoms with Crippen molar-refractivity contribution in [1.29, 1.82) is 0 Å². The molecule has 0 fully saturated rings. The zero-order valence-electron chi connectivity index (χ0n) is 14.8. The predicted molar refractivity (Wildman–Crippen MR) is 96.1 cm³/mol. The molecule has 7 nitrogen and oxygen atoms in total. The third-order valence-corrected chi connectivity index (χ3v) is 4.10. The number of imide groups is 1. The quantitative estimate of drug-likeness (QED) is 0.736. The van der Waals surface area contributed by atoms with Crippen molar-refractivity contribution in [2.45, 2.75) is 26.7 Å². The first kappa shape index (κ1) is 20.0. The molecule has 1 aliphatic heterocycles. The van der Waals surface area contributed by atoms with Crippen molar-refractivity contribution in [3.05, 3.63) is 28.8 Å². The van der Waals surface area contributed by atoms with Gasteiger partial charge in [-0.05, 0) is 42.5 Å². The molecule has 0 spiro atoms. The van der Waals surface area contributed by atoms with Gasteiger partial charge in [-0.2, -0.15) is 0 Å². The van der Waals surface area contributed by atoms with Crippen molar-refractivity contribution in [3.8, 4) is 5.75 Å². The smallest absolute Gasteiger partial charge is 0.321 e. The molecule has 1 aromatic carbocycles. The summed E-state index contributed by atoms with van der Waals surface area (Å²) >= 11 is 5.95. The molecule has 0 aliphatic carbocycles. The second-order valence-corrected chi connectivity index (χ2v) is 6.99. The maximum Gasteiger partial charge on any atom is 0.321 e. The first-order valence-electron chi connectivity index (χ1n) is 8.50. The highest BCUT2D eigenvalue weighted by molar-refractivity contribution is 6.30. The standard InChI is InChI=1S/C18H23ClN2O5/c1-11(2)5-6-20-18(24)21-16(22)10-26-17(23)13-7-12-8-14(19)3-4-15(12)25-9-13/h3-4,8,11,13H,5-7,9-10H2,1-2H3,(H2,20,21,22,24)/t13-/m0/s1. The Labute approximate surface area is 157 Å². The van der Waals surface area contributed by atoms with E-state index < -0.39 is 30.4 Å². The van der Waals surface area contributed by atoms with Crippen molar-refractivity contribution in [1.82, 2.24) is 10.6 Å². The van der Waals surface area contributed by atoms with E-state index in [1.54, 1.807) is 18.2 Å². The third-order valence-electron chi connectivity index (χ3n) is 3.87. The summed E-state index contributed by atoms with van der Waals surface area (Å²) in [4.78, 5) is 35.3. The monoisotopic (exact) mass is 382 g/mol. The Hall–Kier alpha value is -2.28. The zero-order chi connectivity index (χ0) is 19.1. The molecule has 0 unspecified atom stereocenters. The van der Waals surface area contributed by atoms with Gasteiger partial charge in [0.1, 0.15) is 12.4 Å². The summed E-state index contributed by atoms with van der Waals surface area (Å²) < 4.78 is 10.5. The fourth-order valence-corrected chi connectivity index (χ4v) is 2.64. The molecule has 0 bridgehead atoms. The molecule has 0 saturated heterocycles. The maximum absolute atomic E-state index is 12.1. The molecule has 26 heavy (non-hydrogen) atoms. The van der Waals surface area contributed by atoms with Crippen molar-refractivity contribution < 1.29 is 23.9 Å². The molecule has 1 atom stereocenters. The Balaban J connectivity index is 1.73. The van der Waals surface area contributed by atoms with E-state index in [1.807, 2.05) is 13.8 Å². The number of fused-ring (bicyclic) bond motifs is 1. The number of rotatable bonds is 6. The van der Waals surface area contributed by atoms with Crippen LogP contribution >= 0.6 is 11.6 Å². The lowest BCUT2D eigenvalue weighted by molar-refractivity contribution is -0.153. The van der Waals surface area contributed by atoms with Gasteiger partial charge in [-0.1, -0.05) is 25.4 Å². The summed E-state index contributed by atoms with van der Waals surface area (Å²) in [7, 11) is 0. The minimum absolute atomic E-state index is 0.171. The van der Waals surface area contributed by atoms with Crippen LogP contribution in [-0.2, 0) is 20.7 Å². The van der Waals surface area contributed by atoms with Crippen molar-refractivity contribution >= 4 is 29.5 Å². The molecule has 2 rings (SSSR count). The Morgan fingerprint density at radius 2 is 2.12 bits per heavy atom. The Morgan fingerprint density at radius 1 is 1.35 bits per heavy atom. The molecule has 2 N–H and O–H groups in total. The summed E-state index contributed by atoms with van der Waals surface area (Å²) in [6.45, 7) is 4.19. The van der Waals surface area contributed by atoms with Gasteiger partial charge in [0, 0.05) is 11.6 Å². The molecule has 8 heteroatoms. The lowest BCUT2D eigenvalue weighted by Gasteiger charge is -2.24. The molecular weight excluding hydrogens is 360 g/mol. The number of amides is 3. The summed E-state index contributed by atoms with van der Waals surface area (Å²) in [5, 5.41) is 5.25. The van der Waals surface area contributed by atoms with Crippen LogP contribution in [0.2, 0.25) is 5.02 Å². The highest BCUT2D eigenvalue weighted by Crippen LogP contribution is 2.30.